The summed E-state index contributed by atoms with van der Waals surface area (Å²) >= 11 is 0. The molecule has 0 saturated carbocycles. The van der Waals surface area contributed by atoms with Crippen LogP contribution in [0.2, 0.25) is 0 Å². The third kappa shape index (κ3) is 5.66. The number of rotatable bonds is 5. The molecule has 0 bridgehead atoms. The van der Waals surface area contributed by atoms with Crippen LogP contribution >= 0.6 is 0 Å². The zero-order chi connectivity index (χ0) is 29.3. The van der Waals surface area contributed by atoms with Gasteiger partial charge in [0.15, 0.2) is 0 Å². The van der Waals surface area contributed by atoms with Gasteiger partial charge >= 0.3 is 0 Å². The molecular formula is C40H36N2. The average Bonchev–Trinajstić information content (AvgIpc) is 3.00. The molecule has 0 aliphatic heterocycles. The molecular weight excluding hydrogens is 508 g/mol. The molecule has 6 rings (SSSR count). The molecule has 0 aliphatic carbocycles. The number of nitrogens with zero attached hydrogens (tertiary/aromatic N) is 2. The van der Waals surface area contributed by atoms with Crippen LogP contribution in [0.15, 0.2) is 128 Å². The van der Waals surface area contributed by atoms with Crippen molar-refractivity contribution < 1.29 is 0 Å². The van der Waals surface area contributed by atoms with Gasteiger partial charge in [0.25, 0.3) is 0 Å². The Morgan fingerprint density at radius 2 is 0.881 bits per heavy atom. The molecule has 2 aromatic heterocycles. The predicted octanol–water partition coefficient (Wildman–Crippen LogP) is 10.7. The van der Waals surface area contributed by atoms with Gasteiger partial charge in [0, 0.05) is 23.5 Å². The first-order valence-corrected chi connectivity index (χ1v) is 14.6. The second kappa shape index (κ2) is 11.2. The Bertz CT molecular complexity index is 1700. The van der Waals surface area contributed by atoms with Crippen LogP contribution in [0.1, 0.15) is 37.5 Å². The van der Waals surface area contributed by atoms with E-state index in [1.807, 2.05) is 36.7 Å². The number of pyridine rings is 2. The summed E-state index contributed by atoms with van der Waals surface area (Å²) in [4.78, 5) is 9.12. The number of hydrogen-bond acceptors (Lipinski definition) is 2. The SMILES string of the molecule is Cc1cc(C)cc(-c2c(-c3ccc(-c4ccccn4)cc3)cc(C(C)(C)C)cc2-c2ccc(-c3ccccn3)cc2)c1. The fourth-order valence-electron chi connectivity index (χ4n) is 5.67. The summed E-state index contributed by atoms with van der Waals surface area (Å²) in [6.45, 7) is 11.2. The van der Waals surface area contributed by atoms with Crippen molar-refractivity contribution >= 4 is 0 Å². The normalized spacial score (nSPS) is 11.5. The van der Waals surface area contributed by atoms with E-state index in [1.54, 1.807) is 0 Å². The van der Waals surface area contributed by atoms with Crippen molar-refractivity contribution in [3.05, 3.63) is 144 Å². The number of benzene rings is 4. The van der Waals surface area contributed by atoms with Crippen molar-refractivity contribution in [3.63, 3.8) is 0 Å². The van der Waals surface area contributed by atoms with Gasteiger partial charge in [-0.25, -0.2) is 0 Å². The largest absolute Gasteiger partial charge is 0.256 e. The van der Waals surface area contributed by atoms with Crippen molar-refractivity contribution in [3.8, 4) is 55.9 Å². The van der Waals surface area contributed by atoms with Crippen LogP contribution in [-0.2, 0) is 5.41 Å². The first kappa shape index (κ1) is 27.4. The van der Waals surface area contributed by atoms with E-state index in [2.05, 4.69) is 136 Å². The van der Waals surface area contributed by atoms with Gasteiger partial charge in [-0.05, 0) is 94.6 Å². The van der Waals surface area contributed by atoms with Crippen LogP contribution < -0.4 is 0 Å². The molecule has 0 N–H and O–H groups in total. The first-order chi connectivity index (χ1) is 20.3. The van der Waals surface area contributed by atoms with Gasteiger partial charge in [-0.2, -0.15) is 0 Å². The second-order valence-electron chi connectivity index (χ2n) is 12.2. The molecule has 0 saturated heterocycles. The number of aryl methyl sites for hydroxylation is 2. The van der Waals surface area contributed by atoms with Crippen LogP contribution in [0.4, 0.5) is 0 Å². The molecule has 0 aliphatic rings. The van der Waals surface area contributed by atoms with E-state index in [1.165, 1.54) is 50.1 Å². The average molecular weight is 545 g/mol. The molecule has 2 heteroatoms. The highest BCUT2D eigenvalue weighted by molar-refractivity contribution is 5.96. The summed E-state index contributed by atoms with van der Waals surface area (Å²) in [7, 11) is 0. The van der Waals surface area contributed by atoms with Gasteiger partial charge in [-0.1, -0.05) is 111 Å². The Hall–Kier alpha value is -4.82. The third-order valence-electron chi connectivity index (χ3n) is 7.83. The van der Waals surface area contributed by atoms with Gasteiger partial charge in [-0.3, -0.25) is 9.97 Å². The molecule has 0 amide bonds. The highest BCUT2D eigenvalue weighted by Crippen LogP contribution is 2.44. The lowest BCUT2D eigenvalue weighted by Gasteiger charge is -2.25. The standard InChI is InChI=1S/C40H36N2/c1-27-22-28(2)24-33(23-27)39-35(29-12-16-31(17-13-29)37-10-6-8-20-41-37)25-34(40(3,4)5)26-36(39)30-14-18-32(19-15-30)38-11-7-9-21-42-38/h6-26H,1-5H3. The zero-order valence-corrected chi connectivity index (χ0v) is 25.0. The lowest BCUT2D eigenvalue weighted by Crippen LogP contribution is -2.12. The highest BCUT2D eigenvalue weighted by Gasteiger charge is 2.22. The highest BCUT2D eigenvalue weighted by atomic mass is 14.7. The molecule has 206 valence electrons. The van der Waals surface area contributed by atoms with Gasteiger partial charge < -0.3 is 0 Å². The van der Waals surface area contributed by atoms with Crippen molar-refractivity contribution in [2.45, 2.75) is 40.0 Å². The molecule has 0 unspecified atom stereocenters. The lowest BCUT2D eigenvalue weighted by molar-refractivity contribution is 0.591. The fraction of sp³-hybridized carbons (Fsp3) is 0.150. The Kier molecular flexibility index (Phi) is 7.31. The van der Waals surface area contributed by atoms with Crippen molar-refractivity contribution in [1.82, 2.24) is 9.97 Å². The van der Waals surface area contributed by atoms with Crippen molar-refractivity contribution in [2.75, 3.05) is 0 Å². The number of hydrogen-bond donors (Lipinski definition) is 0. The van der Waals surface area contributed by atoms with Crippen LogP contribution in [-0.4, -0.2) is 9.97 Å². The minimum Gasteiger partial charge on any atom is -0.256 e. The maximum Gasteiger partial charge on any atom is 0.0701 e. The van der Waals surface area contributed by atoms with E-state index < -0.39 is 0 Å². The Morgan fingerprint density at radius 3 is 1.26 bits per heavy atom. The fourth-order valence-corrected chi connectivity index (χ4v) is 5.67. The maximum absolute atomic E-state index is 4.56. The maximum atomic E-state index is 4.56. The Labute approximate surface area is 249 Å². The molecule has 0 atom stereocenters. The quantitative estimate of drug-likeness (QED) is 0.216. The minimum atomic E-state index is -0.0215. The summed E-state index contributed by atoms with van der Waals surface area (Å²) in [5.41, 5.74) is 15.4. The first-order valence-electron chi connectivity index (χ1n) is 14.6. The van der Waals surface area contributed by atoms with E-state index in [0.29, 0.717) is 0 Å². The molecule has 2 heterocycles. The third-order valence-corrected chi connectivity index (χ3v) is 7.83. The molecule has 0 spiro atoms. The summed E-state index contributed by atoms with van der Waals surface area (Å²) in [5, 5.41) is 0. The van der Waals surface area contributed by atoms with E-state index in [4.69, 9.17) is 0 Å². The summed E-state index contributed by atoms with van der Waals surface area (Å²) in [6.07, 6.45) is 3.69. The molecule has 6 aromatic rings. The molecule has 4 aromatic carbocycles. The van der Waals surface area contributed by atoms with Crippen LogP contribution in [0.5, 0.6) is 0 Å². The summed E-state index contributed by atoms with van der Waals surface area (Å²) in [5.74, 6) is 0. The summed E-state index contributed by atoms with van der Waals surface area (Å²) < 4.78 is 0. The topological polar surface area (TPSA) is 25.8 Å². The molecule has 0 fully saturated rings. The predicted molar refractivity (Wildman–Crippen MR) is 177 cm³/mol. The van der Waals surface area contributed by atoms with Crippen LogP contribution in [0.25, 0.3) is 55.9 Å². The van der Waals surface area contributed by atoms with Crippen LogP contribution in [0.3, 0.4) is 0 Å². The van der Waals surface area contributed by atoms with E-state index in [9.17, 15) is 0 Å². The van der Waals surface area contributed by atoms with E-state index >= 15 is 0 Å². The minimum absolute atomic E-state index is 0.0215. The summed E-state index contributed by atoms with van der Waals surface area (Å²) in [6, 6.07) is 41.5. The van der Waals surface area contributed by atoms with Gasteiger partial charge in [-0.15, -0.1) is 0 Å². The van der Waals surface area contributed by atoms with Crippen molar-refractivity contribution in [2.24, 2.45) is 0 Å². The van der Waals surface area contributed by atoms with Gasteiger partial charge in [0.05, 0.1) is 11.4 Å². The monoisotopic (exact) mass is 544 g/mol. The smallest absolute Gasteiger partial charge is 0.0701 e. The van der Waals surface area contributed by atoms with E-state index in [0.717, 1.165) is 22.5 Å². The van der Waals surface area contributed by atoms with Gasteiger partial charge in [0.2, 0.25) is 0 Å². The number of aromatic nitrogens is 2. The Morgan fingerprint density at radius 1 is 0.452 bits per heavy atom. The van der Waals surface area contributed by atoms with E-state index in [-0.39, 0.29) is 5.41 Å². The molecule has 2 nitrogen and oxygen atoms in total. The molecule has 42 heavy (non-hydrogen) atoms. The lowest BCUT2D eigenvalue weighted by atomic mass is 9.79. The second-order valence-corrected chi connectivity index (χ2v) is 12.2. The van der Waals surface area contributed by atoms with Gasteiger partial charge in [0.1, 0.15) is 0 Å². The van der Waals surface area contributed by atoms with Crippen LogP contribution in [0, 0.1) is 13.8 Å². The molecule has 0 radical (unpaired) electrons. The zero-order valence-electron chi connectivity index (χ0n) is 25.0. The van der Waals surface area contributed by atoms with Crippen molar-refractivity contribution in [1.29, 1.82) is 0 Å². The Balaban J connectivity index is 1.59.